The molecular formula is C11H21N3O4. The molecule has 7 nitrogen and oxygen atoms in total. The minimum absolute atomic E-state index is 0.282. The fourth-order valence-corrected chi connectivity index (χ4v) is 1.68. The van der Waals surface area contributed by atoms with Crippen molar-refractivity contribution in [3.05, 3.63) is 5.21 Å². The van der Waals surface area contributed by atoms with Crippen LogP contribution in [0.5, 0.6) is 0 Å². The van der Waals surface area contributed by atoms with Crippen LogP contribution in [0, 0.1) is 11.1 Å². The van der Waals surface area contributed by atoms with Crippen molar-refractivity contribution < 1.29 is 19.7 Å². The standard InChI is InChI=1S/C11H21N3O4/c1-11(2,3)13(4)14(17)12-18-9-6-5-8(7-9)10(15)16/h8-9H,5-7H2,1-4H3,(H,15,16)/b14-12+/t8-,9+/m0/s1. The van der Waals surface area contributed by atoms with Crippen LogP contribution in [-0.2, 0) is 9.63 Å². The summed E-state index contributed by atoms with van der Waals surface area (Å²) in [6.07, 6.45) is 1.32. The Bertz CT molecular complexity index is 338. The van der Waals surface area contributed by atoms with Gasteiger partial charge in [-0.05, 0) is 33.6 Å². The molecule has 0 aromatic heterocycles. The van der Waals surface area contributed by atoms with E-state index in [9.17, 15) is 10.0 Å². The molecule has 1 N–H and O–H groups in total. The number of hydrogen-bond donors (Lipinski definition) is 1. The summed E-state index contributed by atoms with van der Waals surface area (Å²) < 4.78 is 0. The number of carboxylic acids is 1. The first-order valence-electron chi connectivity index (χ1n) is 6.02. The third-order valence-electron chi connectivity index (χ3n) is 3.23. The van der Waals surface area contributed by atoms with E-state index < -0.39 is 5.97 Å². The first-order valence-corrected chi connectivity index (χ1v) is 6.02. The number of carboxylic acid groups (broad SMARTS) is 1. The zero-order valence-corrected chi connectivity index (χ0v) is 11.3. The van der Waals surface area contributed by atoms with Crippen molar-refractivity contribution in [2.75, 3.05) is 7.05 Å². The molecule has 0 aromatic carbocycles. The fraction of sp³-hybridized carbons (Fsp3) is 0.909. The van der Waals surface area contributed by atoms with Gasteiger partial charge in [0.25, 0.3) is 0 Å². The third-order valence-corrected chi connectivity index (χ3v) is 3.23. The number of hydrazine groups is 1. The van der Waals surface area contributed by atoms with Crippen LogP contribution in [0.15, 0.2) is 5.28 Å². The fourth-order valence-electron chi connectivity index (χ4n) is 1.68. The van der Waals surface area contributed by atoms with Crippen molar-refractivity contribution in [1.29, 1.82) is 0 Å². The average Bonchev–Trinajstić information content (AvgIpc) is 2.72. The smallest absolute Gasteiger partial charge is 0.306 e. The molecule has 0 amide bonds. The maximum Gasteiger partial charge on any atom is 0.306 e. The molecule has 18 heavy (non-hydrogen) atoms. The highest BCUT2D eigenvalue weighted by molar-refractivity contribution is 5.70. The van der Waals surface area contributed by atoms with Gasteiger partial charge in [0, 0.05) is 6.42 Å². The molecule has 0 aromatic rings. The van der Waals surface area contributed by atoms with Gasteiger partial charge in [0.1, 0.15) is 6.10 Å². The van der Waals surface area contributed by atoms with Crippen LogP contribution in [-0.4, -0.2) is 39.7 Å². The van der Waals surface area contributed by atoms with Crippen molar-refractivity contribution in [2.24, 2.45) is 11.2 Å². The lowest BCUT2D eigenvalue weighted by molar-refractivity contribution is -0.720. The van der Waals surface area contributed by atoms with Gasteiger partial charge in [-0.2, -0.15) is 0 Å². The predicted molar refractivity (Wildman–Crippen MR) is 63.4 cm³/mol. The van der Waals surface area contributed by atoms with Gasteiger partial charge in [-0.3, -0.25) is 4.79 Å². The molecule has 0 bridgehead atoms. The molecule has 0 spiro atoms. The number of hydrogen-bond acceptors (Lipinski definition) is 4. The molecule has 1 aliphatic carbocycles. The highest BCUT2D eigenvalue weighted by atomic mass is 16.7. The van der Waals surface area contributed by atoms with E-state index in [2.05, 4.69) is 5.28 Å². The molecule has 1 fully saturated rings. The topological polar surface area (TPSA) is 88.2 Å². The van der Waals surface area contributed by atoms with E-state index in [-0.39, 0.29) is 17.6 Å². The molecule has 1 saturated carbocycles. The van der Waals surface area contributed by atoms with Gasteiger partial charge in [-0.15, -0.1) is 5.01 Å². The van der Waals surface area contributed by atoms with Crippen LogP contribution in [0.25, 0.3) is 0 Å². The molecule has 0 aliphatic heterocycles. The van der Waals surface area contributed by atoms with Crippen molar-refractivity contribution in [3.8, 4) is 0 Å². The Labute approximate surface area is 107 Å². The van der Waals surface area contributed by atoms with Crippen LogP contribution in [0.3, 0.4) is 0 Å². The lowest BCUT2D eigenvalue weighted by Crippen LogP contribution is -2.42. The van der Waals surface area contributed by atoms with Gasteiger partial charge < -0.3 is 15.2 Å². The van der Waals surface area contributed by atoms with Crippen molar-refractivity contribution in [3.63, 3.8) is 0 Å². The quantitative estimate of drug-likeness (QED) is 0.472. The molecule has 1 aliphatic rings. The molecule has 0 heterocycles. The molecule has 0 saturated heterocycles. The van der Waals surface area contributed by atoms with Gasteiger partial charge >= 0.3 is 5.97 Å². The van der Waals surface area contributed by atoms with Crippen LogP contribution >= 0.6 is 0 Å². The highest BCUT2D eigenvalue weighted by Gasteiger charge is 2.32. The second kappa shape index (κ2) is 5.41. The maximum absolute atomic E-state index is 11.6. The summed E-state index contributed by atoms with van der Waals surface area (Å²) in [6, 6.07) is 0. The van der Waals surface area contributed by atoms with Gasteiger partial charge in [-0.1, -0.05) is 0 Å². The Morgan fingerprint density at radius 2 is 2.11 bits per heavy atom. The van der Waals surface area contributed by atoms with E-state index in [1.807, 2.05) is 20.8 Å². The Morgan fingerprint density at radius 3 is 2.56 bits per heavy atom. The third kappa shape index (κ3) is 3.75. The molecule has 0 unspecified atom stereocenters. The second-order valence-corrected chi connectivity index (χ2v) is 5.60. The number of rotatable bonds is 4. The van der Waals surface area contributed by atoms with Gasteiger partial charge in [0.2, 0.25) is 5.28 Å². The molecular weight excluding hydrogens is 238 g/mol. The Hall–Kier alpha value is -1.53. The van der Waals surface area contributed by atoms with Crippen LogP contribution < -0.4 is 0 Å². The summed E-state index contributed by atoms with van der Waals surface area (Å²) in [4.78, 5) is 16.3. The largest absolute Gasteiger partial charge is 0.569 e. The summed E-state index contributed by atoms with van der Waals surface area (Å²) in [6.45, 7) is 5.64. The molecule has 1 rings (SSSR count). The first kappa shape index (κ1) is 14.5. The summed E-state index contributed by atoms with van der Waals surface area (Å²) in [5.41, 5.74) is -0.353. The SMILES string of the molecule is CN(/[N+]([O-])=N\O[C@@H]1CC[C@H](C(=O)O)C1)C(C)(C)C. The van der Waals surface area contributed by atoms with Crippen molar-refractivity contribution >= 4 is 5.97 Å². The van der Waals surface area contributed by atoms with E-state index in [1.54, 1.807) is 7.05 Å². The van der Waals surface area contributed by atoms with E-state index in [1.165, 1.54) is 5.01 Å². The van der Waals surface area contributed by atoms with Crippen molar-refractivity contribution in [1.82, 2.24) is 5.01 Å². The summed E-state index contributed by atoms with van der Waals surface area (Å²) >= 11 is 0. The monoisotopic (exact) mass is 259 g/mol. The first-order chi connectivity index (χ1) is 8.21. The Balaban J connectivity index is 2.48. The second-order valence-electron chi connectivity index (χ2n) is 5.60. The number of carbonyl (C=O) groups is 1. The van der Waals surface area contributed by atoms with E-state index in [4.69, 9.17) is 9.94 Å². The Morgan fingerprint density at radius 1 is 1.50 bits per heavy atom. The maximum atomic E-state index is 11.6. The highest BCUT2D eigenvalue weighted by Crippen LogP contribution is 2.28. The molecule has 2 atom stereocenters. The Kier molecular flexibility index (Phi) is 4.37. The average molecular weight is 259 g/mol. The minimum Gasteiger partial charge on any atom is -0.569 e. The minimum atomic E-state index is -0.813. The van der Waals surface area contributed by atoms with E-state index >= 15 is 0 Å². The van der Waals surface area contributed by atoms with Gasteiger partial charge in [0.05, 0.1) is 23.5 Å². The lowest BCUT2D eigenvalue weighted by Gasteiger charge is -2.26. The molecule has 0 radical (unpaired) electrons. The number of nitrogens with zero attached hydrogens (tertiary/aromatic N) is 3. The normalized spacial score (nSPS) is 25.0. The van der Waals surface area contributed by atoms with Gasteiger partial charge in [0.15, 0.2) is 0 Å². The van der Waals surface area contributed by atoms with E-state index in [0.717, 1.165) is 0 Å². The van der Waals surface area contributed by atoms with E-state index in [0.29, 0.717) is 24.2 Å². The van der Waals surface area contributed by atoms with Crippen LogP contribution in [0.4, 0.5) is 0 Å². The summed E-state index contributed by atoms with van der Waals surface area (Å²) in [5.74, 6) is -1.20. The molecule has 104 valence electrons. The van der Waals surface area contributed by atoms with Crippen LogP contribution in [0.2, 0.25) is 0 Å². The predicted octanol–water partition coefficient (Wildman–Crippen LogP) is 1.78. The van der Waals surface area contributed by atoms with Crippen LogP contribution in [0.1, 0.15) is 40.0 Å². The van der Waals surface area contributed by atoms with Crippen molar-refractivity contribution in [2.45, 2.75) is 51.7 Å². The summed E-state index contributed by atoms with van der Waals surface area (Å²) in [7, 11) is 1.62. The van der Waals surface area contributed by atoms with Gasteiger partial charge in [-0.25, -0.2) is 0 Å². The lowest BCUT2D eigenvalue weighted by atomic mass is 10.1. The number of aliphatic carboxylic acids is 1. The zero-order valence-electron chi connectivity index (χ0n) is 11.3. The molecule has 7 heteroatoms. The summed E-state index contributed by atoms with van der Waals surface area (Å²) in [5, 5.41) is 25.3. The zero-order chi connectivity index (χ0) is 13.9.